The molecule has 1 aliphatic rings. The van der Waals surface area contributed by atoms with E-state index in [-0.39, 0.29) is 11.9 Å². The van der Waals surface area contributed by atoms with Crippen molar-refractivity contribution in [3.05, 3.63) is 64.7 Å². The van der Waals surface area contributed by atoms with Gasteiger partial charge < -0.3 is 10.6 Å². The van der Waals surface area contributed by atoms with Gasteiger partial charge in [0.1, 0.15) is 0 Å². The summed E-state index contributed by atoms with van der Waals surface area (Å²) in [4.78, 5) is 11.4. The van der Waals surface area contributed by atoms with E-state index in [9.17, 15) is 4.79 Å². The van der Waals surface area contributed by atoms with Gasteiger partial charge in [-0.1, -0.05) is 24.3 Å². The largest absolute Gasteiger partial charge is 0.326 e. The van der Waals surface area contributed by atoms with Crippen LogP contribution in [0.1, 0.15) is 41.6 Å². The summed E-state index contributed by atoms with van der Waals surface area (Å²) < 4.78 is 0. The standard InChI is InChI=1S/C19H19N3O/c1-13(21-12-15-4-2-3-14(9-15)11-20)16-5-7-18-17(10-16)6-8-19(23)22-18/h2-5,7,9-10,13,21H,6,8,12H2,1H3,(H,22,23). The normalized spacial score (nSPS) is 14.5. The molecule has 2 aromatic rings. The van der Waals surface area contributed by atoms with Crippen molar-refractivity contribution in [1.82, 2.24) is 5.32 Å². The first-order valence-electron chi connectivity index (χ1n) is 7.81. The molecule has 23 heavy (non-hydrogen) atoms. The lowest BCUT2D eigenvalue weighted by molar-refractivity contribution is -0.116. The zero-order chi connectivity index (χ0) is 16.2. The lowest BCUT2D eigenvalue weighted by atomic mass is 9.97. The van der Waals surface area contributed by atoms with Gasteiger partial charge in [-0.15, -0.1) is 0 Å². The second-order valence-electron chi connectivity index (χ2n) is 5.88. The molecule has 2 N–H and O–H groups in total. The molecular weight excluding hydrogens is 286 g/mol. The number of carbonyl (C=O) groups is 1. The molecule has 4 nitrogen and oxygen atoms in total. The summed E-state index contributed by atoms with van der Waals surface area (Å²) >= 11 is 0. The van der Waals surface area contributed by atoms with Crippen LogP contribution in [0.4, 0.5) is 5.69 Å². The van der Waals surface area contributed by atoms with Gasteiger partial charge in [0.25, 0.3) is 0 Å². The minimum atomic E-state index is 0.0915. The number of anilines is 1. The van der Waals surface area contributed by atoms with Crippen molar-refractivity contribution in [3.8, 4) is 6.07 Å². The predicted octanol–water partition coefficient (Wildman–Crippen LogP) is 3.29. The second kappa shape index (κ2) is 6.64. The van der Waals surface area contributed by atoms with Crippen LogP contribution in [0.25, 0.3) is 0 Å². The molecule has 0 saturated carbocycles. The van der Waals surface area contributed by atoms with Crippen LogP contribution in [0, 0.1) is 11.3 Å². The zero-order valence-electron chi connectivity index (χ0n) is 13.1. The van der Waals surface area contributed by atoms with Crippen LogP contribution in [-0.2, 0) is 17.8 Å². The maximum absolute atomic E-state index is 11.4. The molecule has 0 saturated heterocycles. The fourth-order valence-corrected chi connectivity index (χ4v) is 2.81. The van der Waals surface area contributed by atoms with Crippen LogP contribution in [0.15, 0.2) is 42.5 Å². The van der Waals surface area contributed by atoms with Crippen LogP contribution >= 0.6 is 0 Å². The Labute approximate surface area is 136 Å². The molecule has 1 aliphatic heterocycles. The molecule has 2 aromatic carbocycles. The van der Waals surface area contributed by atoms with E-state index < -0.39 is 0 Å². The average molecular weight is 305 g/mol. The van der Waals surface area contributed by atoms with Crippen LogP contribution in [0.3, 0.4) is 0 Å². The third kappa shape index (κ3) is 3.58. The molecule has 116 valence electrons. The lowest BCUT2D eigenvalue weighted by Crippen LogP contribution is -2.21. The number of rotatable bonds is 4. The summed E-state index contributed by atoms with van der Waals surface area (Å²) in [6.07, 6.45) is 1.35. The first-order chi connectivity index (χ1) is 11.2. The Balaban J connectivity index is 1.67. The van der Waals surface area contributed by atoms with Gasteiger partial charge in [0.05, 0.1) is 11.6 Å². The Morgan fingerprint density at radius 1 is 1.26 bits per heavy atom. The van der Waals surface area contributed by atoms with E-state index in [0.717, 1.165) is 17.7 Å². The second-order valence-corrected chi connectivity index (χ2v) is 5.88. The minimum Gasteiger partial charge on any atom is -0.326 e. The fraction of sp³-hybridized carbons (Fsp3) is 0.263. The molecular formula is C19H19N3O. The Kier molecular flexibility index (Phi) is 4.40. The molecule has 4 heteroatoms. The maximum Gasteiger partial charge on any atom is 0.224 e. The summed E-state index contributed by atoms with van der Waals surface area (Å²) in [7, 11) is 0. The minimum absolute atomic E-state index is 0.0915. The number of nitrogens with zero attached hydrogens (tertiary/aromatic N) is 1. The van der Waals surface area contributed by atoms with Crippen molar-refractivity contribution >= 4 is 11.6 Å². The molecule has 0 radical (unpaired) electrons. The van der Waals surface area contributed by atoms with Gasteiger partial charge in [-0.3, -0.25) is 4.79 Å². The van der Waals surface area contributed by atoms with Gasteiger partial charge in [0, 0.05) is 24.7 Å². The Morgan fingerprint density at radius 3 is 2.96 bits per heavy atom. The number of hydrogen-bond acceptors (Lipinski definition) is 3. The predicted molar refractivity (Wildman–Crippen MR) is 89.8 cm³/mol. The van der Waals surface area contributed by atoms with Crippen molar-refractivity contribution in [1.29, 1.82) is 5.26 Å². The third-order valence-electron chi connectivity index (χ3n) is 4.19. The SMILES string of the molecule is CC(NCc1cccc(C#N)c1)c1ccc2c(c1)CCC(=O)N2. The smallest absolute Gasteiger partial charge is 0.224 e. The first-order valence-corrected chi connectivity index (χ1v) is 7.81. The zero-order valence-corrected chi connectivity index (χ0v) is 13.1. The molecule has 0 aliphatic carbocycles. The van der Waals surface area contributed by atoms with Crippen molar-refractivity contribution in [2.24, 2.45) is 0 Å². The quantitative estimate of drug-likeness (QED) is 0.911. The molecule has 1 unspecified atom stereocenters. The van der Waals surface area contributed by atoms with E-state index in [1.807, 2.05) is 36.4 Å². The van der Waals surface area contributed by atoms with E-state index in [4.69, 9.17) is 5.26 Å². The molecule has 0 spiro atoms. The fourth-order valence-electron chi connectivity index (χ4n) is 2.81. The van der Waals surface area contributed by atoms with Gasteiger partial charge in [-0.2, -0.15) is 5.26 Å². The number of amides is 1. The molecule has 1 heterocycles. The summed E-state index contributed by atoms with van der Waals surface area (Å²) in [5.41, 5.74) is 5.11. The van der Waals surface area contributed by atoms with Gasteiger partial charge >= 0.3 is 0 Å². The van der Waals surface area contributed by atoms with E-state index in [1.54, 1.807) is 0 Å². The van der Waals surface area contributed by atoms with Gasteiger partial charge in [0.2, 0.25) is 5.91 Å². The highest BCUT2D eigenvalue weighted by Gasteiger charge is 2.16. The van der Waals surface area contributed by atoms with Crippen molar-refractivity contribution < 1.29 is 4.79 Å². The number of fused-ring (bicyclic) bond motifs is 1. The number of carbonyl (C=O) groups excluding carboxylic acids is 1. The number of aryl methyl sites for hydroxylation is 1. The van der Waals surface area contributed by atoms with Gasteiger partial charge in [-0.25, -0.2) is 0 Å². The number of hydrogen-bond donors (Lipinski definition) is 2. The van der Waals surface area contributed by atoms with Crippen molar-refractivity contribution in [3.63, 3.8) is 0 Å². The summed E-state index contributed by atoms with van der Waals surface area (Å²) in [6, 6.07) is 16.2. The molecule has 0 aromatic heterocycles. The molecule has 0 fully saturated rings. The number of nitrogens with one attached hydrogen (secondary N) is 2. The highest BCUT2D eigenvalue weighted by Crippen LogP contribution is 2.26. The van der Waals surface area contributed by atoms with Crippen molar-refractivity contribution in [2.45, 2.75) is 32.4 Å². The Morgan fingerprint density at radius 2 is 2.13 bits per heavy atom. The summed E-state index contributed by atoms with van der Waals surface area (Å²) in [6.45, 7) is 2.84. The lowest BCUT2D eigenvalue weighted by Gasteiger charge is -2.20. The first kappa shape index (κ1) is 15.3. The Hall–Kier alpha value is -2.64. The number of benzene rings is 2. The topological polar surface area (TPSA) is 64.9 Å². The highest BCUT2D eigenvalue weighted by molar-refractivity contribution is 5.93. The Bertz CT molecular complexity index is 776. The third-order valence-corrected chi connectivity index (χ3v) is 4.19. The summed E-state index contributed by atoms with van der Waals surface area (Å²) in [5.74, 6) is 0.0915. The van der Waals surface area contributed by atoms with Crippen LogP contribution < -0.4 is 10.6 Å². The maximum atomic E-state index is 11.4. The molecule has 1 amide bonds. The monoisotopic (exact) mass is 305 g/mol. The number of nitriles is 1. The average Bonchev–Trinajstić information content (AvgIpc) is 2.59. The molecule has 3 rings (SSSR count). The van der Waals surface area contributed by atoms with E-state index in [2.05, 4.69) is 29.7 Å². The van der Waals surface area contributed by atoms with Crippen molar-refractivity contribution in [2.75, 3.05) is 5.32 Å². The van der Waals surface area contributed by atoms with Crippen LogP contribution in [-0.4, -0.2) is 5.91 Å². The van der Waals surface area contributed by atoms with E-state index >= 15 is 0 Å². The molecule has 0 bridgehead atoms. The van der Waals surface area contributed by atoms with Crippen LogP contribution in [0.2, 0.25) is 0 Å². The summed E-state index contributed by atoms with van der Waals surface area (Å²) in [5, 5.41) is 15.3. The van der Waals surface area contributed by atoms with E-state index in [1.165, 1.54) is 11.1 Å². The molecule has 1 atom stereocenters. The van der Waals surface area contributed by atoms with Gasteiger partial charge in [0.15, 0.2) is 0 Å². The highest BCUT2D eigenvalue weighted by atomic mass is 16.1. The van der Waals surface area contributed by atoms with Crippen LogP contribution in [0.5, 0.6) is 0 Å². The van der Waals surface area contributed by atoms with E-state index in [0.29, 0.717) is 18.5 Å². The van der Waals surface area contributed by atoms with Gasteiger partial charge in [-0.05, 0) is 48.2 Å².